The van der Waals surface area contributed by atoms with Gasteiger partial charge in [0, 0.05) is 10.2 Å². The van der Waals surface area contributed by atoms with Crippen LogP contribution < -0.4 is 0 Å². The lowest BCUT2D eigenvalue weighted by Crippen LogP contribution is -2.10. The Balaban J connectivity index is 3.25. The molecule has 0 aliphatic rings. The Hall–Kier alpha value is -1.20. The van der Waals surface area contributed by atoms with Crippen molar-refractivity contribution in [3.63, 3.8) is 0 Å². The van der Waals surface area contributed by atoms with Gasteiger partial charge in [-0.2, -0.15) is 18.4 Å². The highest BCUT2D eigenvalue weighted by Crippen LogP contribution is 2.40. The molecule has 0 atom stereocenters. The molecule has 0 N–H and O–H groups in total. The fraction of sp³-hybridized carbons (Fsp3) is 0.385. The summed E-state index contributed by atoms with van der Waals surface area (Å²) in [6.45, 7) is 1.82. The van der Waals surface area contributed by atoms with Crippen LogP contribution in [0.1, 0.15) is 23.6 Å². The zero-order valence-electron chi connectivity index (χ0n) is 11.0. The molecule has 0 heterocycles. The third-order valence-corrected chi connectivity index (χ3v) is 3.81. The van der Waals surface area contributed by atoms with Crippen molar-refractivity contribution in [3.05, 3.63) is 28.8 Å². The van der Waals surface area contributed by atoms with Crippen LogP contribution in [0.15, 0.2) is 17.0 Å². The molecular weight excluding hydrogens is 371 g/mol. The van der Waals surface area contributed by atoms with Gasteiger partial charge in [-0.1, -0.05) is 15.9 Å². The monoisotopic (exact) mass is 381 g/mol. The lowest BCUT2D eigenvalue weighted by atomic mass is 10.0. The van der Waals surface area contributed by atoms with Gasteiger partial charge in [-0.15, -0.1) is 0 Å². The summed E-state index contributed by atoms with van der Waals surface area (Å²) in [5.74, 6) is -0.544. The van der Waals surface area contributed by atoms with Crippen molar-refractivity contribution in [1.82, 2.24) is 0 Å². The number of alkyl halides is 4. The van der Waals surface area contributed by atoms with Crippen molar-refractivity contribution >= 4 is 33.7 Å². The third-order valence-electron chi connectivity index (χ3n) is 2.43. The Labute approximate surface area is 132 Å². The number of nitriles is 1. The molecule has 0 radical (unpaired) electrons. The van der Waals surface area contributed by atoms with Crippen molar-refractivity contribution < 1.29 is 22.7 Å². The number of hydrogen-bond acceptors (Lipinski definition) is 4. The van der Waals surface area contributed by atoms with E-state index >= 15 is 0 Å². The van der Waals surface area contributed by atoms with Crippen LogP contribution in [0.5, 0.6) is 0 Å². The topological polar surface area (TPSA) is 50.1 Å². The van der Waals surface area contributed by atoms with Crippen LogP contribution in [0.2, 0.25) is 0 Å². The van der Waals surface area contributed by atoms with Gasteiger partial charge in [0.25, 0.3) is 0 Å². The summed E-state index contributed by atoms with van der Waals surface area (Å²) in [4.78, 5) is 11.4. The SMILES string of the molecule is CCOC(=O)Cc1cc(C#N)cc(SC(F)(F)F)c1CBr. The van der Waals surface area contributed by atoms with Gasteiger partial charge in [-0.3, -0.25) is 4.79 Å². The smallest absolute Gasteiger partial charge is 0.446 e. The Morgan fingerprint density at radius 2 is 2.14 bits per heavy atom. The number of rotatable bonds is 5. The molecule has 0 fully saturated rings. The number of halogens is 4. The van der Waals surface area contributed by atoms with E-state index in [1.54, 1.807) is 13.0 Å². The lowest BCUT2D eigenvalue weighted by Gasteiger charge is -2.14. The van der Waals surface area contributed by atoms with Gasteiger partial charge in [0.2, 0.25) is 0 Å². The summed E-state index contributed by atoms with van der Waals surface area (Å²) in [7, 11) is 0. The average molecular weight is 382 g/mol. The molecule has 0 saturated heterocycles. The first-order chi connectivity index (χ1) is 9.80. The molecule has 3 nitrogen and oxygen atoms in total. The molecule has 114 valence electrons. The first-order valence-electron chi connectivity index (χ1n) is 5.84. The van der Waals surface area contributed by atoms with Crippen molar-refractivity contribution in [2.45, 2.75) is 29.1 Å². The minimum absolute atomic E-state index is 0.0748. The van der Waals surface area contributed by atoms with Gasteiger partial charge in [0.1, 0.15) is 0 Å². The van der Waals surface area contributed by atoms with E-state index in [2.05, 4.69) is 15.9 Å². The van der Waals surface area contributed by atoms with Gasteiger partial charge >= 0.3 is 11.5 Å². The van der Waals surface area contributed by atoms with Crippen LogP contribution >= 0.6 is 27.7 Å². The van der Waals surface area contributed by atoms with E-state index in [4.69, 9.17) is 10.00 Å². The molecule has 1 aromatic rings. The van der Waals surface area contributed by atoms with Crippen LogP contribution in [-0.2, 0) is 21.3 Å². The molecule has 21 heavy (non-hydrogen) atoms. The molecule has 0 aromatic heterocycles. The fourth-order valence-corrected chi connectivity index (χ4v) is 3.27. The molecule has 1 rings (SSSR count). The lowest BCUT2D eigenvalue weighted by molar-refractivity contribution is -0.142. The van der Waals surface area contributed by atoms with Crippen molar-refractivity contribution in [2.24, 2.45) is 0 Å². The maximum absolute atomic E-state index is 12.6. The summed E-state index contributed by atoms with van der Waals surface area (Å²) < 4.78 is 42.5. The van der Waals surface area contributed by atoms with Crippen LogP contribution in [0, 0.1) is 11.3 Å². The molecular formula is C13H11BrF3NO2S. The highest BCUT2D eigenvalue weighted by molar-refractivity contribution is 9.08. The number of carbonyl (C=O) groups is 1. The molecule has 8 heteroatoms. The van der Waals surface area contributed by atoms with Crippen molar-refractivity contribution in [2.75, 3.05) is 6.61 Å². The zero-order chi connectivity index (χ0) is 16.0. The quantitative estimate of drug-likeness (QED) is 0.436. The van der Waals surface area contributed by atoms with Gasteiger partial charge in [0.05, 0.1) is 24.7 Å². The summed E-state index contributed by atoms with van der Waals surface area (Å²) in [6.07, 6.45) is -0.171. The highest BCUT2D eigenvalue weighted by atomic mass is 79.9. The third kappa shape index (κ3) is 5.59. The largest absolute Gasteiger partial charge is 0.466 e. The molecule has 0 bridgehead atoms. The predicted molar refractivity (Wildman–Crippen MR) is 76.0 cm³/mol. The zero-order valence-corrected chi connectivity index (χ0v) is 13.4. The molecule has 0 aliphatic carbocycles. The number of thioether (sulfide) groups is 1. The molecule has 0 saturated carbocycles. The van der Waals surface area contributed by atoms with Gasteiger partial charge in [-0.25, -0.2) is 0 Å². The molecule has 0 aliphatic heterocycles. The van der Waals surface area contributed by atoms with Crippen LogP contribution in [0.25, 0.3) is 0 Å². The van der Waals surface area contributed by atoms with E-state index in [0.717, 1.165) is 0 Å². The first-order valence-corrected chi connectivity index (χ1v) is 7.77. The molecule has 0 unspecified atom stereocenters. The minimum atomic E-state index is -4.47. The first kappa shape index (κ1) is 17.9. The van der Waals surface area contributed by atoms with Crippen LogP contribution in [0.3, 0.4) is 0 Å². The van der Waals surface area contributed by atoms with E-state index in [0.29, 0.717) is 11.1 Å². The summed E-state index contributed by atoms with van der Waals surface area (Å²) >= 11 is 2.83. The number of carbonyl (C=O) groups excluding carboxylic acids is 1. The number of ether oxygens (including phenoxy) is 1. The second-order valence-electron chi connectivity index (χ2n) is 3.89. The Morgan fingerprint density at radius 3 is 2.62 bits per heavy atom. The second-order valence-corrected chi connectivity index (χ2v) is 5.55. The minimum Gasteiger partial charge on any atom is -0.466 e. The number of esters is 1. The fourth-order valence-electron chi connectivity index (χ4n) is 1.66. The number of nitrogens with zero attached hydrogens (tertiary/aromatic N) is 1. The Bertz CT molecular complexity index is 570. The molecule has 1 aromatic carbocycles. The number of hydrogen-bond donors (Lipinski definition) is 0. The van der Waals surface area contributed by atoms with E-state index in [1.807, 2.05) is 0 Å². The number of benzene rings is 1. The Morgan fingerprint density at radius 1 is 1.48 bits per heavy atom. The van der Waals surface area contributed by atoms with Gasteiger partial charge in [-0.05, 0) is 41.9 Å². The van der Waals surface area contributed by atoms with E-state index in [9.17, 15) is 18.0 Å². The Kier molecular flexibility index (Phi) is 6.55. The van der Waals surface area contributed by atoms with E-state index < -0.39 is 11.5 Å². The average Bonchev–Trinajstić information content (AvgIpc) is 2.36. The van der Waals surface area contributed by atoms with E-state index in [1.165, 1.54) is 12.1 Å². The van der Waals surface area contributed by atoms with E-state index in [-0.39, 0.29) is 40.6 Å². The summed E-state index contributed by atoms with van der Waals surface area (Å²) in [5.41, 5.74) is -3.70. The molecule has 0 spiro atoms. The standard InChI is InChI=1S/C13H11BrF3NO2S/c1-2-20-12(19)5-9-3-8(7-18)4-11(10(9)6-14)21-13(15,16)17/h3-4H,2,5-6H2,1H3. The summed E-state index contributed by atoms with van der Waals surface area (Å²) in [6, 6.07) is 4.38. The van der Waals surface area contributed by atoms with Crippen LogP contribution in [-0.4, -0.2) is 18.1 Å². The second kappa shape index (κ2) is 7.71. The van der Waals surface area contributed by atoms with Crippen LogP contribution in [0.4, 0.5) is 13.2 Å². The predicted octanol–water partition coefficient (Wildman–Crippen LogP) is 4.17. The maximum atomic E-state index is 12.6. The highest BCUT2D eigenvalue weighted by Gasteiger charge is 2.31. The van der Waals surface area contributed by atoms with Gasteiger partial charge in [0.15, 0.2) is 0 Å². The van der Waals surface area contributed by atoms with Gasteiger partial charge < -0.3 is 4.74 Å². The van der Waals surface area contributed by atoms with Crippen molar-refractivity contribution in [1.29, 1.82) is 5.26 Å². The maximum Gasteiger partial charge on any atom is 0.446 e. The van der Waals surface area contributed by atoms with Crippen molar-refractivity contribution in [3.8, 4) is 6.07 Å². The normalized spacial score (nSPS) is 11.0. The summed E-state index contributed by atoms with van der Waals surface area (Å²) in [5, 5.41) is 9.06. The molecule has 0 amide bonds.